The van der Waals surface area contributed by atoms with Gasteiger partial charge in [-0.1, -0.05) is 35.3 Å². The second kappa shape index (κ2) is 5.35. The van der Waals surface area contributed by atoms with E-state index in [1.807, 2.05) is 0 Å². The molecule has 1 aliphatic heterocycles. The van der Waals surface area contributed by atoms with E-state index in [1.54, 1.807) is 24.3 Å². The summed E-state index contributed by atoms with van der Waals surface area (Å²) in [6.45, 7) is 3.69. The van der Waals surface area contributed by atoms with Gasteiger partial charge in [0.2, 0.25) is 11.8 Å². The normalized spacial score (nSPS) is 23.1. The lowest BCUT2D eigenvalue weighted by Gasteiger charge is -2.35. The maximum absolute atomic E-state index is 12.3. The van der Waals surface area contributed by atoms with Crippen LogP contribution in [0.2, 0.25) is 10.0 Å². The van der Waals surface area contributed by atoms with Gasteiger partial charge in [0.25, 0.3) is 0 Å². The van der Waals surface area contributed by atoms with Crippen molar-refractivity contribution in [2.24, 2.45) is 0 Å². The van der Waals surface area contributed by atoms with Crippen LogP contribution in [0.5, 0.6) is 0 Å². The van der Waals surface area contributed by atoms with Crippen LogP contribution in [0.3, 0.4) is 0 Å². The molecule has 1 N–H and O–H groups in total. The highest BCUT2D eigenvalue weighted by molar-refractivity contribution is 6.42. The Morgan fingerprint density at radius 1 is 1.32 bits per heavy atom. The minimum absolute atomic E-state index is 0.246. The molecule has 19 heavy (non-hydrogen) atoms. The Morgan fingerprint density at radius 2 is 2.05 bits per heavy atom. The second-order valence-electron chi connectivity index (χ2n) is 4.58. The van der Waals surface area contributed by atoms with Crippen LogP contribution < -0.4 is 5.32 Å². The Balaban J connectivity index is 2.49. The van der Waals surface area contributed by atoms with Gasteiger partial charge in [0, 0.05) is 6.42 Å². The van der Waals surface area contributed by atoms with E-state index in [-0.39, 0.29) is 11.8 Å². The predicted molar refractivity (Wildman–Crippen MR) is 75.3 cm³/mol. The maximum atomic E-state index is 12.3. The zero-order valence-electron chi connectivity index (χ0n) is 10.2. The van der Waals surface area contributed by atoms with Gasteiger partial charge >= 0.3 is 0 Å². The van der Waals surface area contributed by atoms with Gasteiger partial charge in [0.05, 0.1) is 15.5 Å². The van der Waals surface area contributed by atoms with Crippen LogP contribution in [0.25, 0.3) is 0 Å². The first-order chi connectivity index (χ1) is 8.99. The molecule has 1 fully saturated rings. The van der Waals surface area contributed by atoms with Gasteiger partial charge in [-0.2, -0.15) is 0 Å². The summed E-state index contributed by atoms with van der Waals surface area (Å²) in [5.74, 6) is -0.549. The van der Waals surface area contributed by atoms with E-state index in [9.17, 15) is 9.59 Å². The number of allylic oxidation sites excluding steroid dienone is 1. The van der Waals surface area contributed by atoms with Gasteiger partial charge in [-0.3, -0.25) is 14.9 Å². The fourth-order valence-corrected chi connectivity index (χ4v) is 2.68. The lowest BCUT2D eigenvalue weighted by Crippen LogP contribution is -2.51. The summed E-state index contributed by atoms with van der Waals surface area (Å²) < 4.78 is 0. The topological polar surface area (TPSA) is 46.2 Å². The van der Waals surface area contributed by atoms with Gasteiger partial charge in [0.1, 0.15) is 0 Å². The smallest absolute Gasteiger partial charge is 0.237 e. The predicted octanol–water partition coefficient (Wildman–Crippen LogP) is 3.24. The third-order valence-electron chi connectivity index (χ3n) is 3.43. The number of hydrogen-bond donors (Lipinski definition) is 1. The van der Waals surface area contributed by atoms with Gasteiger partial charge < -0.3 is 0 Å². The molecular formula is C14H13Cl2NO2. The van der Waals surface area contributed by atoms with Crippen molar-refractivity contribution in [3.05, 3.63) is 46.5 Å². The van der Waals surface area contributed by atoms with Crippen molar-refractivity contribution in [3.8, 4) is 0 Å². The van der Waals surface area contributed by atoms with Crippen molar-refractivity contribution in [3.63, 3.8) is 0 Å². The molecular weight excluding hydrogens is 285 g/mol. The Morgan fingerprint density at radius 3 is 2.63 bits per heavy atom. The highest BCUT2D eigenvalue weighted by Crippen LogP contribution is 2.38. The molecule has 3 nitrogen and oxygen atoms in total. The lowest BCUT2D eigenvalue weighted by molar-refractivity contribution is -0.137. The molecule has 0 aromatic heterocycles. The molecule has 0 saturated carbocycles. The summed E-state index contributed by atoms with van der Waals surface area (Å²) in [6, 6.07) is 5.11. The van der Waals surface area contributed by atoms with Crippen molar-refractivity contribution in [1.82, 2.24) is 5.32 Å². The van der Waals surface area contributed by atoms with Crippen LogP contribution in [0.15, 0.2) is 30.9 Å². The van der Waals surface area contributed by atoms with Gasteiger partial charge in [-0.05, 0) is 30.5 Å². The standard InChI is InChI=1S/C14H13Cl2NO2/c1-2-6-14(7-5-12(18)17-13(14)19)9-3-4-10(15)11(16)8-9/h2-4,8H,1,5-7H2,(H,17,18,19). The van der Waals surface area contributed by atoms with Crippen LogP contribution in [0, 0.1) is 0 Å². The van der Waals surface area contributed by atoms with Crippen LogP contribution in [0.4, 0.5) is 0 Å². The van der Waals surface area contributed by atoms with E-state index < -0.39 is 5.41 Å². The minimum atomic E-state index is -0.788. The fourth-order valence-electron chi connectivity index (χ4n) is 2.38. The fraction of sp³-hybridized carbons (Fsp3) is 0.286. The van der Waals surface area contributed by atoms with Crippen LogP contribution in [-0.4, -0.2) is 11.8 Å². The number of carbonyl (C=O) groups excluding carboxylic acids is 2. The molecule has 0 aliphatic carbocycles. The number of benzene rings is 1. The van der Waals surface area contributed by atoms with E-state index in [0.717, 1.165) is 5.56 Å². The van der Waals surface area contributed by atoms with Crippen molar-refractivity contribution < 1.29 is 9.59 Å². The summed E-state index contributed by atoms with van der Waals surface area (Å²) in [6.07, 6.45) is 2.88. The number of rotatable bonds is 3. The zero-order valence-corrected chi connectivity index (χ0v) is 11.7. The monoisotopic (exact) mass is 297 g/mol. The number of imide groups is 1. The van der Waals surface area contributed by atoms with Crippen LogP contribution in [-0.2, 0) is 15.0 Å². The second-order valence-corrected chi connectivity index (χ2v) is 5.40. The van der Waals surface area contributed by atoms with Gasteiger partial charge in [-0.25, -0.2) is 0 Å². The van der Waals surface area contributed by atoms with Gasteiger partial charge in [-0.15, -0.1) is 6.58 Å². The Kier molecular flexibility index (Phi) is 3.97. The van der Waals surface area contributed by atoms with E-state index in [0.29, 0.717) is 29.3 Å². The molecule has 100 valence electrons. The number of hydrogen-bond acceptors (Lipinski definition) is 2. The Hall–Kier alpha value is -1.32. The van der Waals surface area contributed by atoms with Crippen molar-refractivity contribution in [1.29, 1.82) is 0 Å². The summed E-state index contributed by atoms with van der Waals surface area (Å²) in [4.78, 5) is 23.6. The summed E-state index contributed by atoms with van der Waals surface area (Å²) in [5.41, 5.74) is -0.0315. The molecule has 1 unspecified atom stereocenters. The molecule has 2 amide bonds. The van der Waals surface area contributed by atoms with Crippen molar-refractivity contribution in [2.45, 2.75) is 24.7 Å². The number of amides is 2. The third kappa shape index (κ3) is 2.53. The minimum Gasteiger partial charge on any atom is -0.296 e. The maximum Gasteiger partial charge on any atom is 0.237 e. The highest BCUT2D eigenvalue weighted by atomic mass is 35.5. The van der Waals surface area contributed by atoms with E-state index in [1.165, 1.54) is 0 Å². The zero-order chi connectivity index (χ0) is 14.0. The first-order valence-corrected chi connectivity index (χ1v) is 6.66. The number of nitrogens with one attached hydrogen (secondary N) is 1. The highest BCUT2D eigenvalue weighted by Gasteiger charge is 2.43. The molecule has 1 heterocycles. The van der Waals surface area contributed by atoms with Crippen LogP contribution >= 0.6 is 23.2 Å². The molecule has 5 heteroatoms. The van der Waals surface area contributed by atoms with Crippen molar-refractivity contribution in [2.75, 3.05) is 0 Å². The average Bonchev–Trinajstić information content (AvgIpc) is 2.36. The summed E-state index contributed by atoms with van der Waals surface area (Å²) in [7, 11) is 0. The Bertz CT molecular complexity index is 556. The first kappa shape index (κ1) is 14.1. The molecule has 1 saturated heterocycles. The summed E-state index contributed by atoms with van der Waals surface area (Å²) >= 11 is 11.9. The molecule has 2 rings (SSSR count). The largest absolute Gasteiger partial charge is 0.296 e. The third-order valence-corrected chi connectivity index (χ3v) is 4.17. The molecule has 1 aliphatic rings. The number of piperidine rings is 1. The average molecular weight is 298 g/mol. The first-order valence-electron chi connectivity index (χ1n) is 5.90. The van der Waals surface area contributed by atoms with E-state index in [2.05, 4.69) is 11.9 Å². The molecule has 0 spiro atoms. The SMILES string of the molecule is C=CCC1(c2ccc(Cl)c(Cl)c2)CCC(=O)NC1=O. The van der Waals surface area contributed by atoms with E-state index >= 15 is 0 Å². The van der Waals surface area contributed by atoms with Gasteiger partial charge in [0.15, 0.2) is 0 Å². The van der Waals surface area contributed by atoms with Crippen LogP contribution in [0.1, 0.15) is 24.8 Å². The molecule has 1 aromatic rings. The Labute approximate surface area is 121 Å². The molecule has 0 bridgehead atoms. The molecule has 1 aromatic carbocycles. The number of carbonyl (C=O) groups is 2. The number of halogens is 2. The van der Waals surface area contributed by atoms with E-state index in [4.69, 9.17) is 23.2 Å². The lowest BCUT2D eigenvalue weighted by atomic mass is 9.71. The van der Waals surface area contributed by atoms with Crippen molar-refractivity contribution >= 4 is 35.0 Å². The molecule has 0 radical (unpaired) electrons. The summed E-state index contributed by atoms with van der Waals surface area (Å²) in [5, 5.41) is 3.22. The quantitative estimate of drug-likeness (QED) is 0.688. The molecule has 1 atom stereocenters.